The molecule has 0 spiro atoms. The van der Waals surface area contributed by atoms with E-state index < -0.39 is 11.8 Å². The van der Waals surface area contributed by atoms with Gasteiger partial charge in [-0.05, 0) is 55.5 Å². The van der Waals surface area contributed by atoms with Crippen LogP contribution in [0.15, 0.2) is 66.9 Å². The molecule has 0 fully saturated rings. The van der Waals surface area contributed by atoms with Gasteiger partial charge < -0.3 is 20.1 Å². The van der Waals surface area contributed by atoms with Gasteiger partial charge in [0, 0.05) is 29.7 Å². The number of rotatable bonds is 5. The first-order valence-electron chi connectivity index (χ1n) is 9.43. The molecule has 2 amide bonds. The van der Waals surface area contributed by atoms with Crippen LogP contribution < -0.4 is 20.1 Å². The molecule has 4 rings (SSSR count). The summed E-state index contributed by atoms with van der Waals surface area (Å²) in [6.45, 7) is 1.84. The number of benzene rings is 3. The van der Waals surface area contributed by atoms with Crippen molar-refractivity contribution in [2.75, 3.05) is 17.7 Å². The summed E-state index contributed by atoms with van der Waals surface area (Å²) in [6, 6.07) is 15.7. The van der Waals surface area contributed by atoms with Crippen LogP contribution in [0.1, 0.15) is 5.69 Å². The molecule has 7 nitrogen and oxygen atoms in total. The Morgan fingerprint density at radius 2 is 1.61 bits per heavy atom. The van der Waals surface area contributed by atoms with E-state index in [1.165, 1.54) is 12.1 Å². The van der Waals surface area contributed by atoms with Crippen LogP contribution >= 0.6 is 0 Å². The molecule has 3 aromatic carbocycles. The van der Waals surface area contributed by atoms with Crippen molar-refractivity contribution in [1.82, 2.24) is 9.97 Å². The second-order valence-electron chi connectivity index (χ2n) is 6.72. The Kier molecular flexibility index (Phi) is 5.61. The molecule has 156 valence electrons. The summed E-state index contributed by atoms with van der Waals surface area (Å²) in [5.41, 5.74) is 3.02. The van der Waals surface area contributed by atoms with Crippen molar-refractivity contribution in [2.24, 2.45) is 0 Å². The minimum absolute atomic E-state index is 0.0288. The average Bonchev–Trinajstić information content (AvgIpc) is 2.76. The monoisotopic (exact) mass is 418 g/mol. The smallest absolute Gasteiger partial charge is 0.323 e. The molecule has 8 heteroatoms. The standard InChI is InChI=1S/C23H19FN4O3/c1-14-13-25-20-9-8-18(12-21(20)26-14)31-22-10-5-16(11-19(22)24)28-23(29)27-15-3-6-17(30-2)7-4-15/h3-13H,1-2H3,(H2,27,28,29). The lowest BCUT2D eigenvalue weighted by Crippen LogP contribution is -2.19. The Morgan fingerprint density at radius 3 is 2.35 bits per heavy atom. The first kappa shape index (κ1) is 20.1. The highest BCUT2D eigenvalue weighted by molar-refractivity contribution is 5.99. The van der Waals surface area contributed by atoms with Crippen molar-refractivity contribution in [2.45, 2.75) is 6.92 Å². The van der Waals surface area contributed by atoms with Crippen molar-refractivity contribution in [1.29, 1.82) is 0 Å². The van der Waals surface area contributed by atoms with Gasteiger partial charge in [0.25, 0.3) is 0 Å². The van der Waals surface area contributed by atoms with Crippen LogP contribution in [-0.2, 0) is 0 Å². The molecule has 1 heterocycles. The predicted octanol–water partition coefficient (Wildman–Crippen LogP) is 5.52. The summed E-state index contributed by atoms with van der Waals surface area (Å²) in [7, 11) is 1.56. The van der Waals surface area contributed by atoms with Crippen molar-refractivity contribution in [3.05, 3.63) is 78.4 Å². The summed E-state index contributed by atoms with van der Waals surface area (Å²) in [4.78, 5) is 20.8. The number of ether oxygens (including phenoxy) is 2. The highest BCUT2D eigenvalue weighted by atomic mass is 19.1. The normalized spacial score (nSPS) is 10.5. The topological polar surface area (TPSA) is 85.4 Å². The number of anilines is 2. The molecular formula is C23H19FN4O3. The van der Waals surface area contributed by atoms with Gasteiger partial charge >= 0.3 is 6.03 Å². The lowest BCUT2D eigenvalue weighted by Gasteiger charge is -2.11. The largest absolute Gasteiger partial charge is 0.497 e. The molecule has 0 unspecified atom stereocenters. The highest BCUT2D eigenvalue weighted by Crippen LogP contribution is 2.28. The highest BCUT2D eigenvalue weighted by Gasteiger charge is 2.10. The fourth-order valence-corrected chi connectivity index (χ4v) is 2.90. The lowest BCUT2D eigenvalue weighted by atomic mass is 10.2. The third-order valence-electron chi connectivity index (χ3n) is 4.40. The zero-order valence-corrected chi connectivity index (χ0v) is 16.8. The van der Waals surface area contributed by atoms with E-state index in [4.69, 9.17) is 9.47 Å². The number of hydrogen-bond acceptors (Lipinski definition) is 5. The third kappa shape index (κ3) is 4.87. The third-order valence-corrected chi connectivity index (χ3v) is 4.40. The molecule has 0 radical (unpaired) electrons. The van der Waals surface area contributed by atoms with Crippen LogP contribution in [0.4, 0.5) is 20.6 Å². The Morgan fingerprint density at radius 1 is 0.903 bits per heavy atom. The molecule has 4 aromatic rings. The van der Waals surface area contributed by atoms with E-state index in [1.54, 1.807) is 61.8 Å². The molecule has 2 N–H and O–H groups in total. The van der Waals surface area contributed by atoms with Gasteiger partial charge in [-0.3, -0.25) is 4.98 Å². The van der Waals surface area contributed by atoms with Crippen molar-refractivity contribution < 1.29 is 18.7 Å². The number of aromatic nitrogens is 2. The maximum atomic E-state index is 14.5. The van der Waals surface area contributed by atoms with Gasteiger partial charge in [0.15, 0.2) is 11.6 Å². The Labute approximate surface area is 177 Å². The molecular weight excluding hydrogens is 399 g/mol. The summed E-state index contributed by atoms with van der Waals surface area (Å²) in [5.74, 6) is 0.528. The molecule has 31 heavy (non-hydrogen) atoms. The summed E-state index contributed by atoms with van der Waals surface area (Å²) >= 11 is 0. The van der Waals surface area contributed by atoms with Gasteiger partial charge in [-0.15, -0.1) is 0 Å². The number of aryl methyl sites for hydroxylation is 1. The van der Waals surface area contributed by atoms with Gasteiger partial charge in [0.05, 0.1) is 23.8 Å². The van der Waals surface area contributed by atoms with Crippen molar-refractivity contribution in [3.63, 3.8) is 0 Å². The Bertz CT molecular complexity index is 1250. The number of halogens is 1. The van der Waals surface area contributed by atoms with Crippen LogP contribution in [0.2, 0.25) is 0 Å². The first-order valence-corrected chi connectivity index (χ1v) is 9.43. The fraction of sp³-hybridized carbons (Fsp3) is 0.0870. The number of hydrogen-bond donors (Lipinski definition) is 2. The average molecular weight is 418 g/mol. The second kappa shape index (κ2) is 8.66. The quantitative estimate of drug-likeness (QED) is 0.446. The molecule has 0 saturated heterocycles. The zero-order valence-electron chi connectivity index (χ0n) is 16.8. The minimum atomic E-state index is -0.613. The van der Waals surface area contributed by atoms with E-state index >= 15 is 0 Å². The molecule has 0 aliphatic heterocycles. The van der Waals surface area contributed by atoms with E-state index in [1.807, 2.05) is 6.92 Å². The maximum absolute atomic E-state index is 14.5. The Balaban J connectivity index is 1.43. The fourth-order valence-electron chi connectivity index (χ4n) is 2.90. The van der Waals surface area contributed by atoms with Crippen molar-refractivity contribution >= 4 is 28.4 Å². The molecule has 0 saturated carbocycles. The van der Waals surface area contributed by atoms with Gasteiger partial charge in [-0.25, -0.2) is 14.2 Å². The predicted molar refractivity (Wildman–Crippen MR) is 116 cm³/mol. The van der Waals surface area contributed by atoms with E-state index in [9.17, 15) is 9.18 Å². The molecule has 1 aromatic heterocycles. The summed E-state index contributed by atoms with van der Waals surface area (Å²) in [5, 5.41) is 5.25. The number of urea groups is 1. The summed E-state index contributed by atoms with van der Waals surface area (Å²) in [6.07, 6.45) is 1.68. The molecule has 0 aliphatic carbocycles. The van der Waals surface area contributed by atoms with E-state index in [2.05, 4.69) is 20.6 Å². The number of fused-ring (bicyclic) bond motifs is 1. The van der Waals surface area contributed by atoms with Gasteiger partial charge in [-0.1, -0.05) is 0 Å². The van der Waals surface area contributed by atoms with E-state index in [0.717, 1.165) is 11.2 Å². The number of methoxy groups -OCH3 is 1. The number of nitrogens with zero attached hydrogens (tertiary/aromatic N) is 2. The molecule has 0 atom stereocenters. The van der Waals surface area contributed by atoms with Crippen LogP contribution in [0.5, 0.6) is 17.2 Å². The van der Waals surface area contributed by atoms with Crippen LogP contribution in [0, 0.1) is 12.7 Å². The van der Waals surface area contributed by atoms with Gasteiger partial charge in [-0.2, -0.15) is 0 Å². The van der Waals surface area contributed by atoms with E-state index in [-0.39, 0.29) is 11.4 Å². The maximum Gasteiger partial charge on any atom is 0.323 e. The number of carbonyl (C=O) groups is 1. The second-order valence-corrected chi connectivity index (χ2v) is 6.72. The SMILES string of the molecule is COc1ccc(NC(=O)Nc2ccc(Oc3ccc4ncc(C)nc4c3)c(F)c2)cc1. The lowest BCUT2D eigenvalue weighted by molar-refractivity contribution is 0.262. The number of nitrogens with one attached hydrogen (secondary N) is 2. The van der Waals surface area contributed by atoms with Crippen LogP contribution in [-0.4, -0.2) is 23.1 Å². The molecule has 0 bridgehead atoms. The van der Waals surface area contributed by atoms with Gasteiger partial charge in [0.2, 0.25) is 0 Å². The summed E-state index contributed by atoms with van der Waals surface area (Å²) < 4.78 is 25.3. The first-order chi connectivity index (χ1) is 15.0. The Hall–Kier alpha value is -4.20. The van der Waals surface area contributed by atoms with Crippen LogP contribution in [0.25, 0.3) is 11.0 Å². The number of carbonyl (C=O) groups excluding carboxylic acids is 1. The molecule has 0 aliphatic rings. The number of amides is 2. The van der Waals surface area contributed by atoms with E-state index in [0.29, 0.717) is 22.7 Å². The van der Waals surface area contributed by atoms with Gasteiger partial charge in [0.1, 0.15) is 11.5 Å². The minimum Gasteiger partial charge on any atom is -0.497 e. The zero-order chi connectivity index (χ0) is 21.8. The van der Waals surface area contributed by atoms with Crippen LogP contribution in [0.3, 0.4) is 0 Å². The van der Waals surface area contributed by atoms with Crippen molar-refractivity contribution in [3.8, 4) is 17.2 Å².